The van der Waals surface area contributed by atoms with E-state index in [0.29, 0.717) is 18.0 Å². The minimum atomic E-state index is -3.30. The number of nitrogens with zero attached hydrogens (tertiary/aromatic N) is 1. The molecule has 1 atom stereocenters. The van der Waals surface area contributed by atoms with E-state index in [4.69, 9.17) is 4.74 Å². The van der Waals surface area contributed by atoms with Crippen molar-refractivity contribution < 1.29 is 17.9 Å². The molecule has 10 heteroatoms. The third kappa shape index (κ3) is 5.32. The second-order valence-electron chi connectivity index (χ2n) is 5.90. The van der Waals surface area contributed by atoms with Crippen LogP contribution in [0.25, 0.3) is 10.2 Å². The molecule has 1 aliphatic heterocycles. The van der Waals surface area contributed by atoms with Gasteiger partial charge in [-0.25, -0.2) is 13.4 Å². The van der Waals surface area contributed by atoms with E-state index in [1.807, 2.05) is 0 Å². The predicted octanol–water partition coefficient (Wildman–Crippen LogP) is 2.45. The van der Waals surface area contributed by atoms with E-state index >= 15 is 0 Å². The number of sulfonamides is 1. The number of fused-ring (bicyclic) bond motifs is 1. The van der Waals surface area contributed by atoms with Crippen molar-refractivity contribution in [3.63, 3.8) is 0 Å². The highest BCUT2D eigenvalue weighted by atomic mass is 32.2. The van der Waals surface area contributed by atoms with Crippen LogP contribution in [0.3, 0.4) is 0 Å². The van der Waals surface area contributed by atoms with Crippen molar-refractivity contribution >= 4 is 54.9 Å². The van der Waals surface area contributed by atoms with Gasteiger partial charge in [-0.15, -0.1) is 11.3 Å². The van der Waals surface area contributed by atoms with Crippen LogP contribution in [0.2, 0.25) is 0 Å². The number of thiazole rings is 1. The number of amides is 1. The maximum Gasteiger partial charge on any atom is 0.232 e. The highest BCUT2D eigenvalue weighted by molar-refractivity contribution is 8.01. The molecule has 1 saturated heterocycles. The Morgan fingerprint density at radius 1 is 1.46 bits per heavy atom. The van der Waals surface area contributed by atoms with Gasteiger partial charge in [0.15, 0.2) is 4.34 Å². The monoisotopic (exact) mass is 415 g/mol. The lowest BCUT2D eigenvalue weighted by Crippen LogP contribution is -2.32. The first-order chi connectivity index (χ1) is 12.4. The summed E-state index contributed by atoms with van der Waals surface area (Å²) in [6.07, 6.45) is 2.18. The molecule has 0 saturated carbocycles. The van der Waals surface area contributed by atoms with Crippen molar-refractivity contribution in [2.75, 3.05) is 29.4 Å². The predicted molar refractivity (Wildman–Crippen MR) is 105 cm³/mol. The minimum Gasteiger partial charge on any atom is -0.376 e. The Morgan fingerprint density at radius 2 is 2.31 bits per heavy atom. The number of nitrogens with one attached hydrogen (secondary N) is 2. The lowest BCUT2D eigenvalue weighted by molar-refractivity contribution is -0.119. The number of benzene rings is 1. The molecule has 2 heterocycles. The highest BCUT2D eigenvalue weighted by Gasteiger charge is 2.16. The molecule has 1 amide bonds. The first kappa shape index (κ1) is 19.4. The molecule has 0 spiro atoms. The third-order valence-corrected chi connectivity index (χ3v) is 7.37. The van der Waals surface area contributed by atoms with E-state index in [1.54, 1.807) is 25.1 Å². The summed E-state index contributed by atoms with van der Waals surface area (Å²) in [5.74, 6) is 0.277. The Hall–Kier alpha value is -1.36. The van der Waals surface area contributed by atoms with E-state index in [2.05, 4.69) is 15.0 Å². The molecular formula is C16H21N3O4S3. The van der Waals surface area contributed by atoms with Gasteiger partial charge in [-0.2, -0.15) is 0 Å². The molecule has 142 valence electrons. The average molecular weight is 416 g/mol. The summed E-state index contributed by atoms with van der Waals surface area (Å²) in [7, 11) is -3.30. The van der Waals surface area contributed by atoms with Crippen molar-refractivity contribution in [2.24, 2.45) is 0 Å². The second kappa shape index (κ2) is 8.55. The standard InChI is InChI=1S/C16H21N3O4S3/c1-2-26(21,22)19-11-5-6-13-14(8-11)25-16(18-13)24-10-15(20)17-9-12-4-3-7-23-12/h5-6,8,12,19H,2-4,7,9-10H2,1H3,(H,17,20). The summed E-state index contributed by atoms with van der Waals surface area (Å²) in [5.41, 5.74) is 1.31. The van der Waals surface area contributed by atoms with Crippen LogP contribution < -0.4 is 10.0 Å². The molecule has 1 aromatic heterocycles. The van der Waals surface area contributed by atoms with Gasteiger partial charge in [-0.1, -0.05) is 11.8 Å². The first-order valence-electron chi connectivity index (χ1n) is 8.37. The lowest BCUT2D eigenvalue weighted by atomic mass is 10.2. The van der Waals surface area contributed by atoms with Gasteiger partial charge in [0.1, 0.15) is 0 Å². The van der Waals surface area contributed by atoms with E-state index in [-0.39, 0.29) is 17.8 Å². The molecule has 3 rings (SSSR count). The Labute approximate surface area is 161 Å². The summed E-state index contributed by atoms with van der Waals surface area (Å²) < 4.78 is 33.0. The lowest BCUT2D eigenvalue weighted by Gasteiger charge is -2.09. The molecule has 0 aliphatic carbocycles. The van der Waals surface area contributed by atoms with E-state index in [1.165, 1.54) is 23.1 Å². The van der Waals surface area contributed by atoms with Crippen molar-refractivity contribution in [1.29, 1.82) is 0 Å². The quantitative estimate of drug-likeness (QED) is 0.643. The summed E-state index contributed by atoms with van der Waals surface area (Å²) in [4.78, 5) is 16.4. The van der Waals surface area contributed by atoms with Crippen LogP contribution in [-0.4, -0.2) is 50.1 Å². The fourth-order valence-corrected chi connectivity index (χ4v) is 5.06. The first-order valence-corrected chi connectivity index (χ1v) is 11.8. The van der Waals surface area contributed by atoms with Crippen LogP contribution in [-0.2, 0) is 19.6 Å². The van der Waals surface area contributed by atoms with E-state index < -0.39 is 10.0 Å². The zero-order chi connectivity index (χ0) is 18.6. The second-order valence-corrected chi connectivity index (χ2v) is 10.2. The maximum absolute atomic E-state index is 11.9. The SMILES string of the molecule is CCS(=O)(=O)Nc1ccc2nc(SCC(=O)NCC3CCCO3)sc2c1. The fraction of sp³-hybridized carbons (Fsp3) is 0.500. The van der Waals surface area contributed by atoms with Crippen LogP contribution in [0.4, 0.5) is 5.69 Å². The topological polar surface area (TPSA) is 97.4 Å². The zero-order valence-corrected chi connectivity index (χ0v) is 16.8. The van der Waals surface area contributed by atoms with Crippen molar-refractivity contribution in [3.8, 4) is 0 Å². The van der Waals surface area contributed by atoms with Gasteiger partial charge in [0.2, 0.25) is 15.9 Å². The van der Waals surface area contributed by atoms with Gasteiger partial charge in [-0.3, -0.25) is 9.52 Å². The summed E-state index contributed by atoms with van der Waals surface area (Å²) >= 11 is 2.82. The number of thioether (sulfide) groups is 1. The van der Waals surface area contributed by atoms with Crippen LogP contribution in [0.1, 0.15) is 19.8 Å². The van der Waals surface area contributed by atoms with Crippen molar-refractivity contribution in [1.82, 2.24) is 10.3 Å². The largest absolute Gasteiger partial charge is 0.376 e. The Balaban J connectivity index is 1.55. The molecule has 1 unspecified atom stereocenters. The van der Waals surface area contributed by atoms with E-state index in [9.17, 15) is 13.2 Å². The van der Waals surface area contributed by atoms with Gasteiger partial charge in [0.25, 0.3) is 0 Å². The number of carbonyl (C=O) groups is 1. The van der Waals surface area contributed by atoms with Crippen LogP contribution in [0.5, 0.6) is 0 Å². The average Bonchev–Trinajstić information content (AvgIpc) is 3.26. The van der Waals surface area contributed by atoms with Gasteiger partial charge in [0.05, 0.1) is 33.5 Å². The summed E-state index contributed by atoms with van der Waals surface area (Å²) in [6, 6.07) is 5.24. The Bertz CT molecular complexity index is 876. The Kier molecular flexibility index (Phi) is 6.38. The summed E-state index contributed by atoms with van der Waals surface area (Å²) in [5, 5.41) is 2.89. The molecule has 1 aromatic carbocycles. The van der Waals surface area contributed by atoms with Gasteiger partial charge < -0.3 is 10.1 Å². The summed E-state index contributed by atoms with van der Waals surface area (Å²) in [6.45, 7) is 2.92. The zero-order valence-electron chi connectivity index (χ0n) is 14.4. The van der Waals surface area contributed by atoms with E-state index in [0.717, 1.165) is 34.0 Å². The Morgan fingerprint density at radius 3 is 3.04 bits per heavy atom. The molecule has 1 aliphatic rings. The minimum absolute atomic E-state index is 0.0236. The van der Waals surface area contributed by atoms with Crippen molar-refractivity contribution in [3.05, 3.63) is 18.2 Å². The molecule has 2 N–H and O–H groups in total. The number of rotatable bonds is 8. The van der Waals surface area contributed by atoms with Crippen LogP contribution in [0.15, 0.2) is 22.5 Å². The van der Waals surface area contributed by atoms with Crippen molar-refractivity contribution in [2.45, 2.75) is 30.2 Å². The maximum atomic E-state index is 11.9. The number of ether oxygens (including phenoxy) is 1. The number of carbonyl (C=O) groups excluding carboxylic acids is 1. The molecule has 0 bridgehead atoms. The van der Waals surface area contributed by atoms with Gasteiger partial charge in [0, 0.05) is 13.2 Å². The highest BCUT2D eigenvalue weighted by Crippen LogP contribution is 2.31. The van der Waals surface area contributed by atoms with Crippen LogP contribution in [0, 0.1) is 0 Å². The number of hydrogen-bond acceptors (Lipinski definition) is 7. The number of hydrogen-bond donors (Lipinski definition) is 2. The van der Waals surface area contributed by atoms with Gasteiger partial charge in [-0.05, 0) is 38.0 Å². The fourth-order valence-electron chi connectivity index (χ4n) is 2.49. The molecule has 7 nitrogen and oxygen atoms in total. The molecular weight excluding hydrogens is 394 g/mol. The molecule has 2 aromatic rings. The third-order valence-electron chi connectivity index (χ3n) is 3.90. The molecule has 1 fully saturated rings. The van der Waals surface area contributed by atoms with Gasteiger partial charge >= 0.3 is 0 Å². The normalized spacial score (nSPS) is 17.5. The van der Waals surface area contributed by atoms with Crippen LogP contribution >= 0.6 is 23.1 Å². The smallest absolute Gasteiger partial charge is 0.232 e. The number of anilines is 1. The molecule has 26 heavy (non-hydrogen) atoms. The number of aromatic nitrogens is 1. The molecule has 0 radical (unpaired) electrons.